The fourth-order valence-electron chi connectivity index (χ4n) is 2.80. The maximum Gasteiger partial charge on any atom is 0.199 e. The molecular weight excluding hydrogens is 351 g/mol. The minimum atomic E-state index is -0.365. The number of nitrogens with one attached hydrogen (secondary N) is 1. The Morgan fingerprint density at radius 1 is 1.23 bits per heavy atom. The highest BCUT2D eigenvalue weighted by molar-refractivity contribution is 9.10. The largest absolute Gasteiger partial charge is 0.351 e. The van der Waals surface area contributed by atoms with Gasteiger partial charge in [0.15, 0.2) is 17.3 Å². The molecule has 0 bridgehead atoms. The second-order valence-electron chi connectivity index (χ2n) is 5.32. The Labute approximate surface area is 134 Å². The lowest BCUT2D eigenvalue weighted by Crippen LogP contribution is -2.44. The molecule has 0 amide bonds. The van der Waals surface area contributed by atoms with Gasteiger partial charge in [-0.1, -0.05) is 15.9 Å². The molecular formula is C14H14BrFN6. The van der Waals surface area contributed by atoms with Gasteiger partial charge in [-0.2, -0.15) is 5.10 Å². The molecule has 2 aromatic heterocycles. The molecule has 0 spiro atoms. The molecule has 0 radical (unpaired) electrons. The number of nitrogens with zero attached hydrogens (tertiary/aromatic N) is 5. The standard InChI is InChI=1S/C14H14BrFN6/c1-8-18-14-13(21-4-2-17-3-5-21)19-12-10(16)6-9(15)7-11(12)22(14)20-8/h6-7,17H,2-5H2,1H3. The highest BCUT2D eigenvalue weighted by Crippen LogP contribution is 2.27. The maximum absolute atomic E-state index is 14.3. The van der Waals surface area contributed by atoms with Gasteiger partial charge in [0, 0.05) is 30.7 Å². The minimum Gasteiger partial charge on any atom is -0.351 e. The SMILES string of the molecule is Cc1nc2c(N3CCNCC3)nc3c(F)cc(Br)cc3n2n1. The summed E-state index contributed by atoms with van der Waals surface area (Å²) < 4.78 is 16.7. The number of hydrogen-bond donors (Lipinski definition) is 1. The van der Waals surface area contributed by atoms with E-state index < -0.39 is 0 Å². The van der Waals surface area contributed by atoms with E-state index in [1.807, 2.05) is 13.0 Å². The predicted octanol–water partition coefficient (Wildman–Crippen LogP) is 1.90. The molecule has 1 fully saturated rings. The van der Waals surface area contributed by atoms with E-state index in [4.69, 9.17) is 0 Å². The fraction of sp³-hybridized carbons (Fsp3) is 0.357. The minimum absolute atomic E-state index is 0.314. The molecule has 1 aromatic carbocycles. The average Bonchev–Trinajstić information content (AvgIpc) is 2.89. The summed E-state index contributed by atoms with van der Waals surface area (Å²) in [6.45, 7) is 5.22. The first-order chi connectivity index (χ1) is 10.6. The number of aryl methyl sites for hydroxylation is 1. The van der Waals surface area contributed by atoms with Crippen LogP contribution in [0.25, 0.3) is 16.7 Å². The molecule has 0 saturated carbocycles. The van der Waals surface area contributed by atoms with E-state index in [0.717, 1.165) is 26.2 Å². The van der Waals surface area contributed by atoms with E-state index in [2.05, 4.69) is 41.2 Å². The Balaban J connectivity index is 2.06. The van der Waals surface area contributed by atoms with Crippen LogP contribution in [0.2, 0.25) is 0 Å². The number of benzene rings is 1. The van der Waals surface area contributed by atoms with Crippen molar-refractivity contribution in [1.29, 1.82) is 0 Å². The molecule has 1 aliphatic heterocycles. The Kier molecular flexibility index (Phi) is 3.23. The van der Waals surface area contributed by atoms with Gasteiger partial charge in [-0.15, -0.1) is 0 Å². The number of halogens is 2. The second-order valence-corrected chi connectivity index (χ2v) is 6.24. The van der Waals surface area contributed by atoms with Crippen LogP contribution in [-0.2, 0) is 0 Å². The van der Waals surface area contributed by atoms with Crippen molar-refractivity contribution in [2.45, 2.75) is 6.92 Å². The van der Waals surface area contributed by atoms with Crippen LogP contribution in [-0.4, -0.2) is 45.8 Å². The van der Waals surface area contributed by atoms with Crippen molar-refractivity contribution in [3.8, 4) is 0 Å². The van der Waals surface area contributed by atoms with Gasteiger partial charge in [0.25, 0.3) is 0 Å². The van der Waals surface area contributed by atoms with Crippen LogP contribution in [0.3, 0.4) is 0 Å². The number of aromatic nitrogens is 4. The van der Waals surface area contributed by atoms with Crippen molar-refractivity contribution in [3.05, 3.63) is 28.2 Å². The van der Waals surface area contributed by atoms with Gasteiger partial charge in [-0.25, -0.2) is 18.9 Å². The summed E-state index contributed by atoms with van der Waals surface area (Å²) >= 11 is 3.32. The van der Waals surface area contributed by atoms with Crippen molar-refractivity contribution in [3.63, 3.8) is 0 Å². The first kappa shape index (κ1) is 13.8. The summed E-state index contributed by atoms with van der Waals surface area (Å²) in [6.07, 6.45) is 0. The van der Waals surface area contributed by atoms with Crippen molar-refractivity contribution < 1.29 is 4.39 Å². The van der Waals surface area contributed by atoms with Crippen molar-refractivity contribution >= 4 is 38.4 Å². The quantitative estimate of drug-likeness (QED) is 0.714. The topological polar surface area (TPSA) is 58.4 Å². The molecule has 4 rings (SSSR count). The lowest BCUT2D eigenvalue weighted by molar-refractivity contribution is 0.585. The molecule has 0 unspecified atom stereocenters. The van der Waals surface area contributed by atoms with Crippen LogP contribution in [0, 0.1) is 12.7 Å². The first-order valence-electron chi connectivity index (χ1n) is 7.11. The smallest absolute Gasteiger partial charge is 0.199 e. The summed E-state index contributed by atoms with van der Waals surface area (Å²) in [4.78, 5) is 11.2. The third kappa shape index (κ3) is 2.14. The molecule has 3 heterocycles. The molecule has 114 valence electrons. The molecule has 1 aliphatic rings. The molecule has 0 aliphatic carbocycles. The van der Waals surface area contributed by atoms with E-state index in [1.165, 1.54) is 6.07 Å². The zero-order valence-electron chi connectivity index (χ0n) is 12.0. The monoisotopic (exact) mass is 364 g/mol. The Hall–Kier alpha value is -1.80. The van der Waals surface area contributed by atoms with Gasteiger partial charge in [-0.3, -0.25) is 0 Å². The van der Waals surface area contributed by atoms with Crippen LogP contribution in [0.5, 0.6) is 0 Å². The molecule has 8 heteroatoms. The molecule has 6 nitrogen and oxygen atoms in total. The summed E-state index contributed by atoms with van der Waals surface area (Å²) in [6, 6.07) is 3.24. The number of anilines is 1. The summed E-state index contributed by atoms with van der Waals surface area (Å²) in [7, 11) is 0. The van der Waals surface area contributed by atoms with Gasteiger partial charge in [0.2, 0.25) is 0 Å². The summed E-state index contributed by atoms with van der Waals surface area (Å²) in [5.41, 5.74) is 1.60. The first-order valence-corrected chi connectivity index (χ1v) is 7.90. The Morgan fingerprint density at radius 2 is 2.00 bits per heavy atom. The number of piperazine rings is 1. The van der Waals surface area contributed by atoms with Gasteiger partial charge in [0.1, 0.15) is 11.3 Å². The molecule has 0 atom stereocenters. The van der Waals surface area contributed by atoms with Gasteiger partial charge < -0.3 is 10.2 Å². The van der Waals surface area contributed by atoms with E-state index >= 15 is 0 Å². The van der Waals surface area contributed by atoms with Crippen molar-refractivity contribution in [2.75, 3.05) is 31.1 Å². The van der Waals surface area contributed by atoms with Crippen LogP contribution >= 0.6 is 15.9 Å². The molecule has 22 heavy (non-hydrogen) atoms. The van der Waals surface area contributed by atoms with Crippen LogP contribution in [0.1, 0.15) is 5.82 Å². The third-order valence-electron chi connectivity index (χ3n) is 3.78. The van der Waals surface area contributed by atoms with Crippen molar-refractivity contribution in [1.82, 2.24) is 24.9 Å². The number of fused-ring (bicyclic) bond motifs is 3. The van der Waals surface area contributed by atoms with E-state index in [0.29, 0.717) is 32.8 Å². The normalized spacial score (nSPS) is 15.9. The van der Waals surface area contributed by atoms with Crippen LogP contribution in [0.15, 0.2) is 16.6 Å². The highest BCUT2D eigenvalue weighted by Gasteiger charge is 2.21. The van der Waals surface area contributed by atoms with Crippen LogP contribution in [0.4, 0.5) is 10.2 Å². The zero-order chi connectivity index (χ0) is 15.3. The Bertz CT molecular complexity index is 871. The average molecular weight is 365 g/mol. The van der Waals surface area contributed by atoms with E-state index in [-0.39, 0.29) is 5.82 Å². The molecule has 3 aromatic rings. The maximum atomic E-state index is 14.3. The number of hydrogen-bond acceptors (Lipinski definition) is 5. The lowest BCUT2D eigenvalue weighted by atomic mass is 10.2. The zero-order valence-corrected chi connectivity index (χ0v) is 13.6. The summed E-state index contributed by atoms with van der Waals surface area (Å²) in [5, 5.41) is 7.72. The highest BCUT2D eigenvalue weighted by atomic mass is 79.9. The predicted molar refractivity (Wildman–Crippen MR) is 85.8 cm³/mol. The van der Waals surface area contributed by atoms with Crippen LogP contribution < -0.4 is 10.2 Å². The Morgan fingerprint density at radius 3 is 2.77 bits per heavy atom. The van der Waals surface area contributed by atoms with Gasteiger partial charge in [-0.05, 0) is 19.1 Å². The third-order valence-corrected chi connectivity index (χ3v) is 4.24. The van der Waals surface area contributed by atoms with Crippen molar-refractivity contribution in [2.24, 2.45) is 0 Å². The lowest BCUT2D eigenvalue weighted by Gasteiger charge is -2.28. The van der Waals surface area contributed by atoms with Gasteiger partial charge in [0.05, 0.1) is 5.52 Å². The van der Waals surface area contributed by atoms with Gasteiger partial charge >= 0.3 is 0 Å². The van der Waals surface area contributed by atoms with E-state index in [1.54, 1.807) is 4.52 Å². The molecule has 1 N–H and O–H groups in total. The number of rotatable bonds is 1. The summed E-state index contributed by atoms with van der Waals surface area (Å²) in [5.74, 6) is 0.970. The second kappa shape index (κ2) is 5.13. The molecule has 1 saturated heterocycles. The fourth-order valence-corrected chi connectivity index (χ4v) is 3.21. The van der Waals surface area contributed by atoms with E-state index in [9.17, 15) is 4.39 Å².